The zero-order valence-electron chi connectivity index (χ0n) is 17.2. The lowest BCUT2D eigenvalue weighted by atomic mass is 10.0. The molecule has 6 nitrogen and oxygen atoms in total. The van der Waals surface area contributed by atoms with Crippen LogP contribution in [0.5, 0.6) is 0 Å². The van der Waals surface area contributed by atoms with Gasteiger partial charge in [-0.15, -0.1) is 0 Å². The van der Waals surface area contributed by atoms with Gasteiger partial charge in [-0.25, -0.2) is 0 Å². The van der Waals surface area contributed by atoms with Crippen molar-refractivity contribution in [1.82, 2.24) is 15.2 Å². The van der Waals surface area contributed by atoms with E-state index < -0.39 is 0 Å². The first-order valence-electron chi connectivity index (χ1n) is 10.3. The zero-order chi connectivity index (χ0) is 21.8. The van der Waals surface area contributed by atoms with Crippen molar-refractivity contribution in [2.75, 3.05) is 0 Å². The molecule has 0 radical (unpaired) electrons. The average Bonchev–Trinajstić information content (AvgIpc) is 3.14. The maximum Gasteiger partial charge on any atom is 0.254 e. The first kappa shape index (κ1) is 20.5. The quantitative estimate of drug-likeness (QED) is 0.598. The fourth-order valence-corrected chi connectivity index (χ4v) is 3.86. The summed E-state index contributed by atoms with van der Waals surface area (Å²) >= 11 is 0. The molecule has 0 saturated heterocycles. The van der Waals surface area contributed by atoms with Crippen LogP contribution in [0.3, 0.4) is 0 Å². The minimum atomic E-state index is -0.335. The largest absolute Gasteiger partial charge is 0.332 e. The van der Waals surface area contributed by atoms with Crippen molar-refractivity contribution in [3.63, 3.8) is 0 Å². The maximum atomic E-state index is 12.8. The first-order chi connectivity index (χ1) is 15.1. The molecule has 3 aromatic rings. The summed E-state index contributed by atoms with van der Waals surface area (Å²) < 4.78 is 0. The van der Waals surface area contributed by atoms with Gasteiger partial charge < -0.3 is 4.90 Å². The van der Waals surface area contributed by atoms with Crippen molar-refractivity contribution in [2.24, 2.45) is 0 Å². The predicted molar refractivity (Wildman–Crippen MR) is 118 cm³/mol. The van der Waals surface area contributed by atoms with Crippen molar-refractivity contribution >= 4 is 18.2 Å². The normalized spacial score (nSPS) is 13.6. The van der Waals surface area contributed by atoms with Crippen LogP contribution in [0.25, 0.3) is 22.4 Å². The van der Waals surface area contributed by atoms with E-state index in [0.717, 1.165) is 27.9 Å². The van der Waals surface area contributed by atoms with Gasteiger partial charge in [0.25, 0.3) is 5.91 Å². The standard InChI is InChI=1S/C25H23N3O3/c1-17(7-12-24(30)27-16-29)28-15-21-13-19(8-10-22(21)25(28)31)23-11-9-20(14-26-23)18-5-3-2-4-6-18/h2-6,8-11,13-14,16-17H,7,12,15H2,1H3,(H,27,29,30). The van der Waals surface area contributed by atoms with E-state index in [0.29, 0.717) is 24.9 Å². The first-order valence-corrected chi connectivity index (χ1v) is 10.3. The summed E-state index contributed by atoms with van der Waals surface area (Å²) in [5, 5.41) is 2.13. The molecule has 2 heterocycles. The SMILES string of the molecule is CC(CCC(=O)NC=O)N1Cc2cc(-c3ccc(-c4ccccc4)cn3)ccc2C1=O. The van der Waals surface area contributed by atoms with E-state index in [2.05, 4.69) is 28.5 Å². The Balaban J connectivity index is 1.48. The van der Waals surface area contributed by atoms with E-state index in [1.807, 2.05) is 55.6 Å². The number of benzene rings is 2. The summed E-state index contributed by atoms with van der Waals surface area (Å²) in [7, 11) is 0. The second-order valence-electron chi connectivity index (χ2n) is 7.68. The van der Waals surface area contributed by atoms with Gasteiger partial charge in [-0.1, -0.05) is 42.5 Å². The molecule has 0 bridgehead atoms. The van der Waals surface area contributed by atoms with Gasteiger partial charge in [0.1, 0.15) is 0 Å². The second kappa shape index (κ2) is 8.92. The Labute approximate surface area is 180 Å². The third-order valence-corrected chi connectivity index (χ3v) is 5.64. The number of fused-ring (bicyclic) bond motifs is 1. The number of pyridine rings is 1. The molecular weight excluding hydrogens is 390 g/mol. The van der Waals surface area contributed by atoms with Gasteiger partial charge in [0.15, 0.2) is 0 Å². The Morgan fingerprint density at radius 1 is 1.10 bits per heavy atom. The summed E-state index contributed by atoms with van der Waals surface area (Å²) in [5.41, 5.74) is 5.64. The van der Waals surface area contributed by atoms with Crippen molar-refractivity contribution in [1.29, 1.82) is 0 Å². The van der Waals surface area contributed by atoms with Crippen LogP contribution < -0.4 is 5.32 Å². The highest BCUT2D eigenvalue weighted by molar-refractivity contribution is 5.99. The Kier molecular flexibility index (Phi) is 5.89. The molecule has 1 unspecified atom stereocenters. The van der Waals surface area contributed by atoms with E-state index in [1.165, 1.54) is 0 Å². The van der Waals surface area contributed by atoms with Crippen molar-refractivity contribution in [3.05, 3.63) is 78.0 Å². The lowest BCUT2D eigenvalue weighted by Crippen LogP contribution is -2.34. The van der Waals surface area contributed by atoms with Crippen LogP contribution in [0, 0.1) is 0 Å². The Morgan fingerprint density at radius 2 is 1.87 bits per heavy atom. The molecule has 31 heavy (non-hydrogen) atoms. The third-order valence-electron chi connectivity index (χ3n) is 5.64. The molecule has 1 atom stereocenters. The molecule has 0 fully saturated rings. The summed E-state index contributed by atoms with van der Waals surface area (Å²) in [6.45, 7) is 2.42. The lowest BCUT2D eigenvalue weighted by molar-refractivity contribution is -0.125. The monoisotopic (exact) mass is 413 g/mol. The Bertz CT molecular complexity index is 1110. The molecule has 156 valence electrons. The van der Waals surface area contributed by atoms with Gasteiger partial charge >= 0.3 is 0 Å². The van der Waals surface area contributed by atoms with Crippen LogP contribution in [0.1, 0.15) is 35.7 Å². The van der Waals surface area contributed by atoms with Crippen LogP contribution in [-0.4, -0.2) is 34.2 Å². The summed E-state index contributed by atoms with van der Waals surface area (Å²) in [5.74, 6) is -0.365. The van der Waals surface area contributed by atoms with Crippen molar-refractivity contribution < 1.29 is 14.4 Å². The highest BCUT2D eigenvalue weighted by atomic mass is 16.2. The molecule has 1 aromatic heterocycles. The number of hydrogen-bond donors (Lipinski definition) is 1. The van der Waals surface area contributed by atoms with E-state index in [-0.39, 0.29) is 24.3 Å². The number of amides is 3. The molecule has 0 aliphatic carbocycles. The molecular formula is C25H23N3O3. The van der Waals surface area contributed by atoms with E-state index >= 15 is 0 Å². The Hall–Kier alpha value is -3.80. The van der Waals surface area contributed by atoms with Crippen molar-refractivity contribution in [2.45, 2.75) is 32.4 Å². The summed E-state index contributed by atoms with van der Waals surface area (Å²) in [4.78, 5) is 41.1. The molecule has 0 saturated carbocycles. The summed E-state index contributed by atoms with van der Waals surface area (Å²) in [6.07, 6.45) is 2.94. The Morgan fingerprint density at radius 3 is 2.58 bits per heavy atom. The van der Waals surface area contributed by atoms with E-state index in [9.17, 15) is 14.4 Å². The maximum absolute atomic E-state index is 12.8. The predicted octanol–water partition coefficient (Wildman–Crippen LogP) is 3.81. The van der Waals surface area contributed by atoms with Crippen LogP contribution in [-0.2, 0) is 16.1 Å². The average molecular weight is 413 g/mol. The molecule has 1 aliphatic heterocycles. The summed E-state index contributed by atoms with van der Waals surface area (Å²) in [6, 6.07) is 19.8. The highest BCUT2D eigenvalue weighted by Crippen LogP contribution is 2.30. The topological polar surface area (TPSA) is 79.4 Å². The van der Waals surface area contributed by atoms with Crippen LogP contribution >= 0.6 is 0 Å². The van der Waals surface area contributed by atoms with E-state index in [4.69, 9.17) is 0 Å². The van der Waals surface area contributed by atoms with Gasteiger partial charge in [0.05, 0.1) is 5.69 Å². The van der Waals surface area contributed by atoms with Gasteiger partial charge in [-0.2, -0.15) is 0 Å². The number of nitrogens with zero attached hydrogens (tertiary/aromatic N) is 2. The third kappa shape index (κ3) is 4.38. The number of imide groups is 1. The molecule has 3 amide bonds. The highest BCUT2D eigenvalue weighted by Gasteiger charge is 2.31. The van der Waals surface area contributed by atoms with Crippen LogP contribution in [0.15, 0.2) is 66.9 Å². The van der Waals surface area contributed by atoms with Crippen LogP contribution in [0.4, 0.5) is 0 Å². The molecule has 4 rings (SSSR count). The van der Waals surface area contributed by atoms with Gasteiger partial charge in [-0.3, -0.25) is 24.7 Å². The second-order valence-corrected chi connectivity index (χ2v) is 7.68. The molecule has 6 heteroatoms. The minimum absolute atomic E-state index is 0.0303. The van der Waals surface area contributed by atoms with Crippen molar-refractivity contribution in [3.8, 4) is 22.4 Å². The zero-order valence-corrected chi connectivity index (χ0v) is 17.2. The minimum Gasteiger partial charge on any atom is -0.332 e. The number of nitrogens with one attached hydrogen (secondary N) is 1. The van der Waals surface area contributed by atoms with Gasteiger partial charge in [0, 0.05) is 41.9 Å². The van der Waals surface area contributed by atoms with E-state index in [1.54, 1.807) is 4.90 Å². The number of rotatable bonds is 7. The smallest absolute Gasteiger partial charge is 0.254 e. The molecule has 2 aromatic carbocycles. The fraction of sp³-hybridized carbons (Fsp3) is 0.200. The molecule has 0 spiro atoms. The fourth-order valence-electron chi connectivity index (χ4n) is 3.86. The molecule has 1 N–H and O–H groups in total. The number of hydrogen-bond acceptors (Lipinski definition) is 4. The molecule has 1 aliphatic rings. The van der Waals surface area contributed by atoms with Gasteiger partial charge in [0.2, 0.25) is 12.3 Å². The number of aromatic nitrogens is 1. The number of carbonyl (C=O) groups excluding carboxylic acids is 3. The lowest BCUT2D eigenvalue weighted by Gasteiger charge is -2.23. The number of carbonyl (C=O) groups is 3. The van der Waals surface area contributed by atoms with Gasteiger partial charge in [-0.05, 0) is 42.7 Å². The van der Waals surface area contributed by atoms with Crippen LogP contribution in [0.2, 0.25) is 0 Å².